The average molecular weight is 262 g/mol. The summed E-state index contributed by atoms with van der Waals surface area (Å²) < 4.78 is 5.17. The van der Waals surface area contributed by atoms with E-state index in [0.29, 0.717) is 26.2 Å². The van der Waals surface area contributed by atoms with Crippen molar-refractivity contribution in [1.29, 1.82) is 0 Å². The van der Waals surface area contributed by atoms with Crippen LogP contribution in [-0.2, 0) is 16.0 Å². The van der Waals surface area contributed by atoms with Crippen molar-refractivity contribution in [2.24, 2.45) is 0 Å². The average Bonchev–Trinajstić information content (AvgIpc) is 2.68. The molecule has 1 atom stereocenters. The van der Waals surface area contributed by atoms with Gasteiger partial charge in [-0.1, -0.05) is 30.3 Å². The monoisotopic (exact) mass is 262 g/mol. The van der Waals surface area contributed by atoms with Crippen molar-refractivity contribution in [2.45, 2.75) is 19.4 Å². The van der Waals surface area contributed by atoms with Gasteiger partial charge in [0.25, 0.3) is 5.91 Å². The van der Waals surface area contributed by atoms with Crippen molar-refractivity contribution in [1.82, 2.24) is 10.2 Å². The summed E-state index contributed by atoms with van der Waals surface area (Å²) in [6, 6.07) is 8.87. The summed E-state index contributed by atoms with van der Waals surface area (Å²) in [6.45, 7) is 3.15. The Morgan fingerprint density at radius 2 is 2.00 bits per heavy atom. The Balaban J connectivity index is 1.94. The zero-order chi connectivity index (χ0) is 13.7. The number of benzene rings is 1. The maximum Gasteiger partial charge on any atom is 0.324 e. The van der Waals surface area contributed by atoms with Crippen LogP contribution in [0.15, 0.2) is 30.3 Å². The number of nitrogens with one attached hydrogen (secondary N) is 1. The summed E-state index contributed by atoms with van der Waals surface area (Å²) in [4.78, 5) is 25.0. The van der Waals surface area contributed by atoms with E-state index in [1.54, 1.807) is 0 Å². The highest BCUT2D eigenvalue weighted by molar-refractivity contribution is 6.04. The Labute approximate surface area is 112 Å². The fraction of sp³-hybridized carbons (Fsp3) is 0.429. The van der Waals surface area contributed by atoms with E-state index in [-0.39, 0.29) is 11.9 Å². The van der Waals surface area contributed by atoms with E-state index >= 15 is 0 Å². The molecule has 1 aliphatic rings. The highest BCUT2D eigenvalue weighted by atomic mass is 16.5. The quantitative estimate of drug-likeness (QED) is 0.619. The molecule has 1 aromatic carbocycles. The molecule has 1 unspecified atom stereocenters. The van der Waals surface area contributed by atoms with Gasteiger partial charge in [-0.3, -0.25) is 9.69 Å². The number of nitrogens with zero attached hydrogens (tertiary/aromatic N) is 1. The van der Waals surface area contributed by atoms with Crippen LogP contribution in [0.3, 0.4) is 0 Å². The van der Waals surface area contributed by atoms with Gasteiger partial charge in [-0.2, -0.15) is 0 Å². The number of hydrogen-bond donors (Lipinski definition) is 1. The number of urea groups is 1. The summed E-state index contributed by atoms with van der Waals surface area (Å²) >= 11 is 0. The van der Waals surface area contributed by atoms with Crippen LogP contribution in [0.1, 0.15) is 12.5 Å². The Bertz CT molecular complexity index is 447. The molecule has 102 valence electrons. The maximum atomic E-state index is 12.1. The third-order valence-corrected chi connectivity index (χ3v) is 3.05. The SMILES string of the molecule is CCOCCN1C(=O)NC(Cc2ccccc2)C1=O. The highest BCUT2D eigenvalue weighted by Gasteiger charge is 2.37. The highest BCUT2D eigenvalue weighted by Crippen LogP contribution is 2.11. The molecule has 1 fully saturated rings. The lowest BCUT2D eigenvalue weighted by Crippen LogP contribution is -2.34. The zero-order valence-corrected chi connectivity index (χ0v) is 11.0. The number of hydrogen-bond acceptors (Lipinski definition) is 3. The Morgan fingerprint density at radius 1 is 1.26 bits per heavy atom. The van der Waals surface area contributed by atoms with Gasteiger partial charge in [0.15, 0.2) is 0 Å². The van der Waals surface area contributed by atoms with Gasteiger partial charge < -0.3 is 10.1 Å². The van der Waals surface area contributed by atoms with Crippen molar-refractivity contribution in [3.63, 3.8) is 0 Å². The minimum atomic E-state index is -0.462. The van der Waals surface area contributed by atoms with E-state index in [9.17, 15) is 9.59 Å². The zero-order valence-electron chi connectivity index (χ0n) is 11.0. The summed E-state index contributed by atoms with van der Waals surface area (Å²) in [6.07, 6.45) is 0.524. The first-order valence-electron chi connectivity index (χ1n) is 6.46. The largest absolute Gasteiger partial charge is 0.380 e. The van der Waals surface area contributed by atoms with Gasteiger partial charge >= 0.3 is 6.03 Å². The molecule has 1 saturated heterocycles. The van der Waals surface area contributed by atoms with Crippen molar-refractivity contribution >= 4 is 11.9 Å². The second-order valence-electron chi connectivity index (χ2n) is 4.38. The van der Waals surface area contributed by atoms with Crippen LogP contribution < -0.4 is 5.32 Å². The molecule has 0 radical (unpaired) electrons. The number of carbonyl (C=O) groups excluding carboxylic acids is 2. The number of carbonyl (C=O) groups is 2. The van der Waals surface area contributed by atoms with Gasteiger partial charge in [0.2, 0.25) is 0 Å². The molecular weight excluding hydrogens is 244 g/mol. The molecule has 0 aliphatic carbocycles. The molecule has 5 heteroatoms. The third kappa shape index (κ3) is 3.32. The smallest absolute Gasteiger partial charge is 0.324 e. The molecule has 1 N–H and O–H groups in total. The normalized spacial score (nSPS) is 18.8. The first-order valence-corrected chi connectivity index (χ1v) is 6.46. The lowest BCUT2D eigenvalue weighted by Gasteiger charge is -2.12. The fourth-order valence-electron chi connectivity index (χ4n) is 2.08. The molecule has 1 aliphatic heterocycles. The number of imide groups is 1. The predicted octanol–water partition coefficient (Wildman–Crippen LogP) is 1.19. The van der Waals surface area contributed by atoms with Gasteiger partial charge in [0.05, 0.1) is 13.2 Å². The fourth-order valence-corrected chi connectivity index (χ4v) is 2.08. The van der Waals surface area contributed by atoms with Crippen LogP contribution >= 0.6 is 0 Å². The molecule has 1 heterocycles. The van der Waals surface area contributed by atoms with Crippen molar-refractivity contribution in [3.05, 3.63) is 35.9 Å². The maximum absolute atomic E-state index is 12.1. The van der Waals surface area contributed by atoms with E-state index < -0.39 is 6.04 Å². The van der Waals surface area contributed by atoms with Crippen molar-refractivity contribution in [3.8, 4) is 0 Å². The van der Waals surface area contributed by atoms with Gasteiger partial charge in [0, 0.05) is 13.0 Å². The van der Waals surface area contributed by atoms with Gasteiger partial charge in [-0.15, -0.1) is 0 Å². The van der Waals surface area contributed by atoms with Crippen LogP contribution in [0.5, 0.6) is 0 Å². The van der Waals surface area contributed by atoms with E-state index in [2.05, 4.69) is 5.32 Å². The van der Waals surface area contributed by atoms with E-state index in [1.165, 1.54) is 4.90 Å². The van der Waals surface area contributed by atoms with Crippen LogP contribution in [0, 0.1) is 0 Å². The Morgan fingerprint density at radius 3 is 2.68 bits per heavy atom. The topological polar surface area (TPSA) is 58.6 Å². The number of amides is 3. The van der Waals surface area contributed by atoms with Crippen LogP contribution in [-0.4, -0.2) is 42.6 Å². The summed E-state index contributed by atoms with van der Waals surface area (Å²) in [5, 5.41) is 2.71. The standard InChI is InChI=1S/C14H18N2O3/c1-2-19-9-8-16-13(17)12(15-14(16)18)10-11-6-4-3-5-7-11/h3-7,12H,2,8-10H2,1H3,(H,15,18). The van der Waals surface area contributed by atoms with Crippen molar-refractivity contribution < 1.29 is 14.3 Å². The molecule has 0 bridgehead atoms. The van der Waals surface area contributed by atoms with E-state index in [0.717, 1.165) is 5.56 Å². The first kappa shape index (κ1) is 13.5. The molecule has 19 heavy (non-hydrogen) atoms. The lowest BCUT2D eigenvalue weighted by molar-refractivity contribution is -0.127. The molecule has 5 nitrogen and oxygen atoms in total. The second-order valence-corrected chi connectivity index (χ2v) is 4.38. The molecule has 1 aromatic rings. The summed E-state index contributed by atoms with van der Waals surface area (Å²) in [7, 11) is 0. The third-order valence-electron chi connectivity index (χ3n) is 3.05. The number of rotatable bonds is 6. The van der Waals surface area contributed by atoms with Crippen LogP contribution in [0.25, 0.3) is 0 Å². The minimum absolute atomic E-state index is 0.173. The van der Waals surface area contributed by atoms with Crippen LogP contribution in [0.4, 0.5) is 4.79 Å². The molecule has 2 rings (SSSR count). The first-order chi connectivity index (χ1) is 9.22. The summed E-state index contributed by atoms with van der Waals surface area (Å²) in [5.74, 6) is -0.173. The summed E-state index contributed by atoms with van der Waals surface area (Å²) in [5.41, 5.74) is 1.04. The Kier molecular flexibility index (Phi) is 4.52. The van der Waals surface area contributed by atoms with E-state index in [4.69, 9.17) is 4.74 Å². The van der Waals surface area contributed by atoms with Gasteiger partial charge in [-0.25, -0.2) is 4.79 Å². The van der Waals surface area contributed by atoms with E-state index in [1.807, 2.05) is 37.3 Å². The minimum Gasteiger partial charge on any atom is -0.380 e. The molecule has 0 saturated carbocycles. The molecule has 0 spiro atoms. The second kappa shape index (κ2) is 6.33. The van der Waals surface area contributed by atoms with Gasteiger partial charge in [-0.05, 0) is 12.5 Å². The van der Waals surface area contributed by atoms with Crippen LogP contribution in [0.2, 0.25) is 0 Å². The number of ether oxygens (including phenoxy) is 1. The van der Waals surface area contributed by atoms with Crippen molar-refractivity contribution in [2.75, 3.05) is 19.8 Å². The molecular formula is C14H18N2O3. The molecule has 0 aromatic heterocycles. The van der Waals surface area contributed by atoms with Gasteiger partial charge in [0.1, 0.15) is 6.04 Å². The lowest BCUT2D eigenvalue weighted by atomic mass is 10.1. The Hall–Kier alpha value is -1.88. The molecule has 3 amide bonds. The predicted molar refractivity (Wildman–Crippen MR) is 70.7 cm³/mol.